The van der Waals surface area contributed by atoms with Gasteiger partial charge in [-0.25, -0.2) is 9.78 Å². The van der Waals surface area contributed by atoms with Crippen LogP contribution >= 0.6 is 11.3 Å². The Morgan fingerprint density at radius 1 is 1.32 bits per heavy atom. The summed E-state index contributed by atoms with van der Waals surface area (Å²) in [5, 5.41) is 7.84. The van der Waals surface area contributed by atoms with E-state index in [1.54, 1.807) is 13.8 Å². The number of benzene rings is 1. The van der Waals surface area contributed by atoms with Gasteiger partial charge in [0, 0.05) is 5.39 Å². The number of rotatable bonds is 5. The number of thiazole rings is 1. The van der Waals surface area contributed by atoms with Crippen molar-refractivity contribution in [1.29, 1.82) is 0 Å². The number of esters is 1. The number of amides is 1. The Labute approximate surface area is 148 Å². The number of fused-ring (bicyclic) bond motifs is 1. The van der Waals surface area contributed by atoms with Crippen molar-refractivity contribution in [3.63, 3.8) is 0 Å². The number of carbonyl (C=O) groups is 2. The Morgan fingerprint density at radius 3 is 2.88 bits per heavy atom. The molecular formula is C17H17N3O4S. The summed E-state index contributed by atoms with van der Waals surface area (Å²) >= 11 is 1.09. The molecule has 0 aliphatic heterocycles. The highest BCUT2D eigenvalue weighted by atomic mass is 32.1. The van der Waals surface area contributed by atoms with E-state index in [0.29, 0.717) is 27.0 Å². The topological polar surface area (TPSA) is 94.3 Å². The van der Waals surface area contributed by atoms with Crippen LogP contribution in [0.15, 0.2) is 22.7 Å². The molecule has 0 unspecified atom stereocenters. The lowest BCUT2D eigenvalue weighted by molar-refractivity contribution is -0.115. The average molecular weight is 359 g/mol. The Kier molecular flexibility index (Phi) is 4.80. The van der Waals surface area contributed by atoms with E-state index in [2.05, 4.69) is 15.5 Å². The molecule has 1 amide bonds. The molecule has 0 fully saturated rings. The zero-order valence-corrected chi connectivity index (χ0v) is 14.9. The van der Waals surface area contributed by atoms with Gasteiger partial charge in [-0.15, -0.1) is 0 Å². The molecule has 0 radical (unpaired) electrons. The third-order valence-electron chi connectivity index (χ3n) is 3.53. The zero-order valence-electron chi connectivity index (χ0n) is 14.1. The minimum Gasteiger partial charge on any atom is -0.462 e. The van der Waals surface area contributed by atoms with Gasteiger partial charge < -0.3 is 14.6 Å². The van der Waals surface area contributed by atoms with E-state index in [1.807, 2.05) is 25.1 Å². The van der Waals surface area contributed by atoms with Gasteiger partial charge in [0.05, 0.1) is 18.7 Å². The molecule has 2 heterocycles. The molecule has 3 aromatic rings. The molecule has 0 saturated carbocycles. The van der Waals surface area contributed by atoms with Crippen LogP contribution in [-0.2, 0) is 16.0 Å². The van der Waals surface area contributed by atoms with Crippen molar-refractivity contribution in [2.24, 2.45) is 0 Å². The van der Waals surface area contributed by atoms with E-state index >= 15 is 0 Å². The van der Waals surface area contributed by atoms with E-state index in [-0.39, 0.29) is 18.9 Å². The summed E-state index contributed by atoms with van der Waals surface area (Å²) in [6, 6.07) is 5.68. The van der Waals surface area contributed by atoms with Crippen molar-refractivity contribution in [3.05, 3.63) is 40.0 Å². The molecule has 1 aromatic carbocycles. The van der Waals surface area contributed by atoms with Crippen molar-refractivity contribution in [2.75, 3.05) is 11.9 Å². The Morgan fingerprint density at radius 2 is 2.12 bits per heavy atom. The lowest BCUT2D eigenvalue weighted by Crippen LogP contribution is -2.14. The van der Waals surface area contributed by atoms with E-state index in [1.165, 1.54) is 0 Å². The normalized spacial score (nSPS) is 10.8. The zero-order chi connectivity index (χ0) is 18.0. The molecule has 0 aliphatic carbocycles. The largest absolute Gasteiger partial charge is 0.462 e. The number of nitrogens with zero attached hydrogens (tertiary/aromatic N) is 2. The standard InChI is InChI=1S/C17H17N3O4S/c1-4-23-16(22)15-10(3)18-17(25-15)19-14(21)8-12-11-7-9(2)5-6-13(11)24-20-12/h5-7H,4,8H2,1-3H3,(H,18,19,21). The lowest BCUT2D eigenvalue weighted by atomic mass is 10.1. The van der Waals surface area contributed by atoms with Crippen LogP contribution in [0.3, 0.4) is 0 Å². The predicted octanol–water partition coefficient (Wildman–Crippen LogP) is 3.26. The number of ether oxygens (including phenoxy) is 1. The first-order valence-electron chi connectivity index (χ1n) is 7.77. The quantitative estimate of drug-likeness (QED) is 0.703. The molecule has 0 bridgehead atoms. The monoisotopic (exact) mass is 359 g/mol. The van der Waals surface area contributed by atoms with E-state index in [0.717, 1.165) is 22.3 Å². The van der Waals surface area contributed by atoms with Crippen LogP contribution in [-0.4, -0.2) is 28.6 Å². The molecule has 0 saturated heterocycles. The maximum Gasteiger partial charge on any atom is 0.350 e. The van der Waals surface area contributed by atoms with Gasteiger partial charge in [0.25, 0.3) is 0 Å². The summed E-state index contributed by atoms with van der Waals surface area (Å²) in [5.41, 5.74) is 2.80. The highest BCUT2D eigenvalue weighted by Gasteiger charge is 2.18. The van der Waals surface area contributed by atoms with Gasteiger partial charge in [-0.05, 0) is 32.9 Å². The number of nitrogens with one attached hydrogen (secondary N) is 1. The fourth-order valence-corrected chi connectivity index (χ4v) is 3.26. The lowest BCUT2D eigenvalue weighted by Gasteiger charge is -2.00. The van der Waals surface area contributed by atoms with Crippen LogP contribution in [0.25, 0.3) is 11.0 Å². The summed E-state index contributed by atoms with van der Waals surface area (Å²) in [5.74, 6) is -0.711. The summed E-state index contributed by atoms with van der Waals surface area (Å²) in [7, 11) is 0. The fourth-order valence-electron chi connectivity index (χ4n) is 2.38. The number of anilines is 1. The first-order valence-corrected chi connectivity index (χ1v) is 8.59. The maximum absolute atomic E-state index is 12.3. The van der Waals surface area contributed by atoms with Gasteiger partial charge in [0.2, 0.25) is 5.91 Å². The summed E-state index contributed by atoms with van der Waals surface area (Å²) in [6.07, 6.45) is 0.0593. The van der Waals surface area contributed by atoms with Crippen molar-refractivity contribution in [2.45, 2.75) is 27.2 Å². The fraction of sp³-hybridized carbons (Fsp3) is 0.294. The van der Waals surface area contributed by atoms with Crippen LogP contribution in [0, 0.1) is 13.8 Å². The van der Waals surface area contributed by atoms with Crippen LogP contribution in [0.2, 0.25) is 0 Å². The van der Waals surface area contributed by atoms with Crippen LogP contribution in [0.5, 0.6) is 0 Å². The first-order chi connectivity index (χ1) is 12.0. The van der Waals surface area contributed by atoms with E-state index < -0.39 is 5.97 Å². The van der Waals surface area contributed by atoms with Crippen molar-refractivity contribution in [1.82, 2.24) is 10.1 Å². The maximum atomic E-state index is 12.3. The molecule has 0 aliphatic rings. The molecule has 3 rings (SSSR count). The highest BCUT2D eigenvalue weighted by Crippen LogP contribution is 2.24. The Hall–Kier alpha value is -2.74. The van der Waals surface area contributed by atoms with Gasteiger partial charge in [-0.2, -0.15) is 0 Å². The summed E-state index contributed by atoms with van der Waals surface area (Å²) in [6.45, 7) is 5.69. The van der Waals surface area contributed by atoms with Crippen molar-refractivity contribution < 1.29 is 18.8 Å². The predicted molar refractivity (Wildman–Crippen MR) is 93.9 cm³/mol. The molecule has 8 heteroatoms. The van der Waals surface area contributed by atoms with Crippen molar-refractivity contribution >= 4 is 39.3 Å². The van der Waals surface area contributed by atoms with E-state index in [9.17, 15) is 9.59 Å². The third-order valence-corrected chi connectivity index (χ3v) is 4.58. The number of hydrogen-bond acceptors (Lipinski definition) is 7. The second-order valence-corrected chi connectivity index (χ2v) is 6.51. The van der Waals surface area contributed by atoms with Gasteiger partial charge in [-0.3, -0.25) is 4.79 Å². The van der Waals surface area contributed by atoms with Gasteiger partial charge >= 0.3 is 5.97 Å². The number of hydrogen-bond donors (Lipinski definition) is 1. The second-order valence-electron chi connectivity index (χ2n) is 5.51. The molecule has 1 N–H and O–H groups in total. The Bertz CT molecular complexity index is 945. The smallest absolute Gasteiger partial charge is 0.350 e. The number of carbonyl (C=O) groups excluding carboxylic acids is 2. The second kappa shape index (κ2) is 7.02. The minimum absolute atomic E-state index is 0.0593. The van der Waals surface area contributed by atoms with Gasteiger partial charge in [-0.1, -0.05) is 28.1 Å². The third kappa shape index (κ3) is 3.69. The SMILES string of the molecule is CCOC(=O)c1sc(NC(=O)Cc2noc3ccc(C)cc23)nc1C. The summed E-state index contributed by atoms with van der Waals surface area (Å²) < 4.78 is 10.2. The molecular weight excluding hydrogens is 342 g/mol. The van der Waals surface area contributed by atoms with Gasteiger partial charge in [0.15, 0.2) is 10.7 Å². The highest BCUT2D eigenvalue weighted by molar-refractivity contribution is 7.17. The van der Waals surface area contributed by atoms with Crippen LogP contribution in [0.4, 0.5) is 5.13 Å². The molecule has 25 heavy (non-hydrogen) atoms. The molecule has 2 aromatic heterocycles. The molecule has 130 valence electrons. The molecule has 7 nitrogen and oxygen atoms in total. The van der Waals surface area contributed by atoms with Crippen LogP contribution in [0.1, 0.15) is 33.5 Å². The molecule has 0 spiro atoms. The van der Waals surface area contributed by atoms with Crippen LogP contribution < -0.4 is 5.32 Å². The summed E-state index contributed by atoms with van der Waals surface area (Å²) in [4.78, 5) is 28.7. The number of aryl methyl sites for hydroxylation is 2. The van der Waals surface area contributed by atoms with E-state index in [4.69, 9.17) is 9.26 Å². The number of aromatic nitrogens is 2. The molecule has 0 atom stereocenters. The Balaban J connectivity index is 1.73. The minimum atomic E-state index is -0.434. The average Bonchev–Trinajstić information content (AvgIpc) is 3.11. The van der Waals surface area contributed by atoms with Crippen molar-refractivity contribution in [3.8, 4) is 0 Å². The first kappa shape index (κ1) is 17.1. The van der Waals surface area contributed by atoms with Gasteiger partial charge in [0.1, 0.15) is 10.6 Å².